The van der Waals surface area contributed by atoms with Gasteiger partial charge in [0.1, 0.15) is 11.5 Å². The van der Waals surface area contributed by atoms with E-state index < -0.39 is 5.97 Å². The van der Waals surface area contributed by atoms with Crippen LogP contribution in [-0.2, 0) is 11.2 Å². The van der Waals surface area contributed by atoms with Gasteiger partial charge in [-0.25, -0.2) is 0 Å². The molecule has 1 heterocycles. The van der Waals surface area contributed by atoms with Crippen LogP contribution in [0.25, 0.3) is 10.9 Å². The normalized spacial score (nSPS) is 14.0. The van der Waals surface area contributed by atoms with E-state index in [9.17, 15) is 9.59 Å². The summed E-state index contributed by atoms with van der Waals surface area (Å²) < 4.78 is 13.0. The number of nitrogens with zero attached hydrogens (tertiary/aromatic N) is 1. The van der Waals surface area contributed by atoms with Crippen molar-refractivity contribution in [2.75, 3.05) is 14.2 Å². The van der Waals surface area contributed by atoms with Crippen molar-refractivity contribution in [1.82, 2.24) is 4.57 Å². The van der Waals surface area contributed by atoms with Crippen LogP contribution in [-0.4, -0.2) is 29.9 Å². The van der Waals surface area contributed by atoms with Crippen LogP contribution >= 0.6 is 0 Å². The van der Waals surface area contributed by atoms with Gasteiger partial charge in [0, 0.05) is 23.7 Å². The summed E-state index contributed by atoms with van der Waals surface area (Å²) in [6.45, 7) is 1.88. The summed E-state index contributed by atoms with van der Waals surface area (Å²) in [6.07, 6.45) is 2.22. The lowest BCUT2D eigenvalue weighted by Gasteiger charge is -2.20. The highest BCUT2D eigenvalue weighted by atomic mass is 16.5. The van der Waals surface area contributed by atoms with Gasteiger partial charge in [-0.3, -0.25) is 9.59 Å². The summed E-state index contributed by atoms with van der Waals surface area (Å²) in [7, 11) is 3.11. The Morgan fingerprint density at radius 3 is 2.42 bits per heavy atom. The van der Waals surface area contributed by atoms with Crippen molar-refractivity contribution in [1.29, 1.82) is 0 Å². The smallest absolute Gasteiger partial charge is 0.303 e. The molecule has 0 saturated heterocycles. The number of carboxylic acid groups (broad SMARTS) is 1. The van der Waals surface area contributed by atoms with Crippen LogP contribution in [0.3, 0.4) is 0 Å². The third-order valence-corrected chi connectivity index (χ3v) is 4.58. The Kier molecular flexibility index (Phi) is 4.22. The van der Waals surface area contributed by atoms with Gasteiger partial charge >= 0.3 is 5.97 Å². The Morgan fingerprint density at radius 1 is 1.25 bits per heavy atom. The van der Waals surface area contributed by atoms with Crippen molar-refractivity contribution >= 4 is 16.9 Å². The molecule has 0 bridgehead atoms. The third-order valence-electron chi connectivity index (χ3n) is 4.58. The maximum Gasteiger partial charge on any atom is 0.303 e. The minimum absolute atomic E-state index is 0.0709. The molecule has 0 amide bonds. The molecule has 1 fully saturated rings. The van der Waals surface area contributed by atoms with Crippen molar-refractivity contribution in [3.63, 3.8) is 0 Å². The second-order valence-electron chi connectivity index (χ2n) is 6.08. The van der Waals surface area contributed by atoms with Crippen molar-refractivity contribution in [2.24, 2.45) is 0 Å². The van der Waals surface area contributed by atoms with Gasteiger partial charge in [0.05, 0.1) is 25.1 Å². The lowest BCUT2D eigenvalue weighted by Crippen LogP contribution is -2.20. The van der Waals surface area contributed by atoms with Crippen LogP contribution in [0.5, 0.6) is 11.5 Å². The molecule has 6 heteroatoms. The number of hydrogen-bond acceptors (Lipinski definition) is 4. The second-order valence-corrected chi connectivity index (χ2v) is 6.08. The number of carbonyl (C=O) groups is 1. The van der Waals surface area contributed by atoms with E-state index in [4.69, 9.17) is 14.6 Å². The molecule has 1 aliphatic carbocycles. The second kappa shape index (κ2) is 6.19. The molecule has 1 N–H and O–H groups in total. The number of aliphatic carboxylic acids is 1. The zero-order valence-corrected chi connectivity index (χ0v) is 14.1. The summed E-state index contributed by atoms with van der Waals surface area (Å²) in [4.78, 5) is 24.0. The monoisotopic (exact) mass is 331 g/mol. The molecule has 128 valence electrons. The Hall–Kier alpha value is -2.50. The van der Waals surface area contributed by atoms with Crippen LogP contribution in [0, 0.1) is 6.92 Å². The fraction of sp³-hybridized carbons (Fsp3) is 0.444. The predicted octanol–water partition coefficient (Wildman–Crippen LogP) is 2.68. The molecule has 1 saturated carbocycles. The first kappa shape index (κ1) is 16.4. The first-order valence-electron chi connectivity index (χ1n) is 8.00. The van der Waals surface area contributed by atoms with Gasteiger partial charge in [-0.2, -0.15) is 0 Å². The Labute approximate surface area is 139 Å². The minimum atomic E-state index is -0.913. The maximum absolute atomic E-state index is 13.1. The van der Waals surface area contributed by atoms with Gasteiger partial charge in [-0.15, -0.1) is 0 Å². The number of methoxy groups -OCH3 is 2. The van der Waals surface area contributed by atoms with Crippen LogP contribution in [0.2, 0.25) is 0 Å². The summed E-state index contributed by atoms with van der Waals surface area (Å²) in [5.41, 5.74) is 1.93. The van der Waals surface area contributed by atoms with Crippen LogP contribution in [0.4, 0.5) is 0 Å². The van der Waals surface area contributed by atoms with Gasteiger partial charge < -0.3 is 19.1 Å². The number of rotatable bonds is 6. The van der Waals surface area contributed by atoms with Gasteiger partial charge in [-0.05, 0) is 38.3 Å². The molecule has 0 radical (unpaired) electrons. The van der Waals surface area contributed by atoms with Crippen molar-refractivity contribution in [2.45, 2.75) is 38.6 Å². The molecule has 6 nitrogen and oxygen atoms in total. The van der Waals surface area contributed by atoms with Gasteiger partial charge in [-0.1, -0.05) is 0 Å². The molecule has 1 aromatic carbocycles. The lowest BCUT2D eigenvalue weighted by molar-refractivity contribution is -0.136. The van der Waals surface area contributed by atoms with Gasteiger partial charge in [0.25, 0.3) is 0 Å². The molecule has 1 aliphatic rings. The molecule has 0 atom stereocenters. The Morgan fingerprint density at radius 2 is 1.88 bits per heavy atom. The molecule has 3 rings (SSSR count). The standard InChI is InChI=1S/C18H21NO5/c1-10-12(6-9-15(20)21)18(22)16-13(23-2)7-8-14(24-3)17(16)19(10)11-4-5-11/h7-8,11H,4-6,9H2,1-3H3,(H,20,21). The Balaban J connectivity index is 2.38. The number of benzene rings is 1. The topological polar surface area (TPSA) is 77.8 Å². The SMILES string of the molecule is COc1ccc(OC)c2c1c(=O)c(CCC(=O)O)c(C)n2C1CC1. The van der Waals surface area contributed by atoms with E-state index in [1.807, 2.05) is 6.92 Å². The van der Waals surface area contributed by atoms with Crippen LogP contribution in [0.1, 0.15) is 36.6 Å². The summed E-state index contributed by atoms with van der Waals surface area (Å²) in [6, 6.07) is 3.84. The highest BCUT2D eigenvalue weighted by Crippen LogP contribution is 2.42. The van der Waals surface area contributed by atoms with E-state index in [1.165, 1.54) is 7.11 Å². The molecular formula is C18H21NO5. The van der Waals surface area contributed by atoms with Crippen LogP contribution in [0.15, 0.2) is 16.9 Å². The van der Waals surface area contributed by atoms with E-state index in [-0.39, 0.29) is 18.3 Å². The minimum Gasteiger partial charge on any atom is -0.496 e. The molecule has 0 unspecified atom stereocenters. The maximum atomic E-state index is 13.1. The van der Waals surface area contributed by atoms with E-state index in [2.05, 4.69) is 4.57 Å². The van der Waals surface area contributed by atoms with E-state index in [0.717, 1.165) is 24.1 Å². The van der Waals surface area contributed by atoms with Crippen molar-refractivity contribution < 1.29 is 19.4 Å². The number of fused-ring (bicyclic) bond motifs is 1. The van der Waals surface area contributed by atoms with E-state index in [1.54, 1.807) is 19.2 Å². The average Bonchev–Trinajstić information content (AvgIpc) is 3.38. The first-order chi connectivity index (χ1) is 11.5. The number of pyridine rings is 1. The number of aromatic nitrogens is 1. The lowest BCUT2D eigenvalue weighted by atomic mass is 10.0. The Bertz CT molecular complexity index is 864. The summed E-state index contributed by atoms with van der Waals surface area (Å²) >= 11 is 0. The third kappa shape index (κ3) is 2.62. The first-order valence-corrected chi connectivity index (χ1v) is 8.00. The number of ether oxygens (including phenoxy) is 2. The fourth-order valence-electron chi connectivity index (χ4n) is 3.29. The molecule has 0 aliphatic heterocycles. The number of carboxylic acids is 1. The van der Waals surface area contributed by atoms with Crippen molar-refractivity contribution in [3.8, 4) is 11.5 Å². The highest BCUT2D eigenvalue weighted by Gasteiger charge is 2.30. The predicted molar refractivity (Wildman–Crippen MR) is 90.3 cm³/mol. The number of hydrogen-bond donors (Lipinski definition) is 1. The fourth-order valence-corrected chi connectivity index (χ4v) is 3.29. The zero-order valence-electron chi connectivity index (χ0n) is 14.1. The van der Waals surface area contributed by atoms with Gasteiger partial charge in [0.15, 0.2) is 5.43 Å². The molecule has 0 spiro atoms. The molecule has 24 heavy (non-hydrogen) atoms. The quantitative estimate of drug-likeness (QED) is 0.880. The molecular weight excluding hydrogens is 310 g/mol. The van der Waals surface area contributed by atoms with Gasteiger partial charge in [0.2, 0.25) is 0 Å². The van der Waals surface area contributed by atoms with E-state index >= 15 is 0 Å². The molecule has 1 aromatic heterocycles. The van der Waals surface area contributed by atoms with Crippen molar-refractivity contribution in [3.05, 3.63) is 33.6 Å². The summed E-state index contributed by atoms with van der Waals surface area (Å²) in [5.74, 6) is 0.203. The zero-order chi connectivity index (χ0) is 17.4. The summed E-state index contributed by atoms with van der Waals surface area (Å²) in [5, 5.41) is 9.46. The van der Waals surface area contributed by atoms with Crippen LogP contribution < -0.4 is 14.9 Å². The average molecular weight is 331 g/mol. The molecule has 2 aromatic rings. The van der Waals surface area contributed by atoms with E-state index in [0.29, 0.717) is 28.5 Å². The highest BCUT2D eigenvalue weighted by molar-refractivity contribution is 5.91. The largest absolute Gasteiger partial charge is 0.496 e.